The van der Waals surface area contributed by atoms with Crippen LogP contribution in [0.15, 0.2) is 70.5 Å². The van der Waals surface area contributed by atoms with E-state index in [2.05, 4.69) is 11.9 Å². The van der Waals surface area contributed by atoms with Crippen molar-refractivity contribution in [1.29, 1.82) is 0 Å². The molecule has 0 saturated heterocycles. The van der Waals surface area contributed by atoms with Crippen molar-refractivity contribution in [3.8, 4) is 0 Å². The molecule has 4 aromatic rings. The molecular formula is C25H25N3O2. The molecule has 0 unspecified atom stereocenters. The molecule has 5 heteroatoms. The Morgan fingerprint density at radius 1 is 0.900 bits per heavy atom. The maximum Gasteiger partial charge on any atom is 0.260 e. The average Bonchev–Trinajstić information content (AvgIpc) is 2.77. The zero-order chi connectivity index (χ0) is 20.7. The average molecular weight is 399 g/mol. The lowest BCUT2D eigenvalue weighted by atomic mass is 9.85. The predicted octanol–water partition coefficient (Wildman–Crippen LogP) is 4.51. The van der Waals surface area contributed by atoms with Gasteiger partial charge in [0, 0.05) is 18.4 Å². The maximum absolute atomic E-state index is 13.3. The van der Waals surface area contributed by atoms with Gasteiger partial charge in [0.15, 0.2) is 0 Å². The van der Waals surface area contributed by atoms with Crippen molar-refractivity contribution in [3.05, 3.63) is 87.2 Å². The Morgan fingerprint density at radius 3 is 2.37 bits per heavy atom. The summed E-state index contributed by atoms with van der Waals surface area (Å²) >= 11 is 0. The van der Waals surface area contributed by atoms with Crippen LogP contribution in [0.5, 0.6) is 0 Å². The molecule has 1 aromatic carbocycles. The second kappa shape index (κ2) is 7.56. The number of nitrogens with zero attached hydrogens (tertiary/aromatic N) is 3. The highest BCUT2D eigenvalue weighted by Crippen LogP contribution is 2.32. The van der Waals surface area contributed by atoms with E-state index in [1.54, 1.807) is 16.8 Å². The Bertz CT molecular complexity index is 1340. The third-order valence-corrected chi connectivity index (χ3v) is 6.46. The van der Waals surface area contributed by atoms with Crippen LogP contribution in [0.2, 0.25) is 0 Å². The van der Waals surface area contributed by atoms with Crippen LogP contribution in [0.25, 0.3) is 21.8 Å². The minimum absolute atomic E-state index is 0.0430. The zero-order valence-electron chi connectivity index (χ0n) is 17.1. The SMILES string of the molecule is C[C@@H]1CCCC[C@@H]1n1ccc2nc3ccn(Cc4ccccc4)c(=O)c3cc2c1=O. The van der Waals surface area contributed by atoms with Gasteiger partial charge in [0.05, 0.1) is 28.4 Å². The molecular weight excluding hydrogens is 374 g/mol. The van der Waals surface area contributed by atoms with E-state index in [9.17, 15) is 9.59 Å². The second-order valence-electron chi connectivity index (χ2n) is 8.45. The first-order valence-corrected chi connectivity index (χ1v) is 10.7. The molecule has 152 valence electrons. The summed E-state index contributed by atoms with van der Waals surface area (Å²) in [7, 11) is 0. The van der Waals surface area contributed by atoms with E-state index >= 15 is 0 Å². The molecule has 3 heterocycles. The van der Waals surface area contributed by atoms with E-state index in [0.717, 1.165) is 24.8 Å². The van der Waals surface area contributed by atoms with E-state index < -0.39 is 0 Å². The molecule has 1 aliphatic rings. The molecule has 5 nitrogen and oxygen atoms in total. The highest BCUT2D eigenvalue weighted by atomic mass is 16.1. The maximum atomic E-state index is 13.3. The van der Waals surface area contributed by atoms with E-state index in [1.807, 2.05) is 53.2 Å². The van der Waals surface area contributed by atoms with Gasteiger partial charge in [-0.15, -0.1) is 0 Å². The summed E-state index contributed by atoms with van der Waals surface area (Å²) in [6.45, 7) is 2.72. The fraction of sp³-hybridized carbons (Fsp3) is 0.320. The van der Waals surface area contributed by atoms with Crippen LogP contribution in [0.4, 0.5) is 0 Å². The molecule has 1 aliphatic carbocycles. The molecule has 0 N–H and O–H groups in total. The van der Waals surface area contributed by atoms with Gasteiger partial charge in [0.2, 0.25) is 0 Å². The van der Waals surface area contributed by atoms with E-state index in [1.165, 1.54) is 6.42 Å². The molecule has 5 rings (SSSR count). The van der Waals surface area contributed by atoms with Gasteiger partial charge < -0.3 is 9.13 Å². The molecule has 2 atom stereocenters. The first-order chi connectivity index (χ1) is 14.6. The monoisotopic (exact) mass is 399 g/mol. The fourth-order valence-electron chi connectivity index (χ4n) is 4.76. The van der Waals surface area contributed by atoms with Crippen LogP contribution in [0.1, 0.15) is 44.2 Å². The Kier molecular flexibility index (Phi) is 4.74. The minimum Gasteiger partial charge on any atom is -0.312 e. The summed E-state index contributed by atoms with van der Waals surface area (Å²) in [5.74, 6) is 0.477. The standard InChI is InChI=1S/C25H25N3O2/c1-17-7-5-6-10-23(17)28-14-12-22-20(25(28)30)15-19-21(26-22)11-13-27(24(19)29)16-18-8-3-2-4-9-18/h2-4,8-9,11-15,17,23H,5-7,10,16H2,1H3/t17-,23+/m1/s1. The number of pyridine rings is 3. The number of hydrogen-bond acceptors (Lipinski definition) is 3. The zero-order valence-corrected chi connectivity index (χ0v) is 17.1. The van der Waals surface area contributed by atoms with Crippen molar-refractivity contribution in [3.63, 3.8) is 0 Å². The quantitative estimate of drug-likeness (QED) is 0.476. The first-order valence-electron chi connectivity index (χ1n) is 10.7. The molecule has 1 fully saturated rings. The lowest BCUT2D eigenvalue weighted by molar-refractivity contribution is 0.253. The second-order valence-corrected chi connectivity index (χ2v) is 8.45. The molecule has 30 heavy (non-hydrogen) atoms. The largest absolute Gasteiger partial charge is 0.312 e. The summed E-state index contributed by atoms with van der Waals surface area (Å²) in [6.07, 6.45) is 8.22. The van der Waals surface area contributed by atoms with Crippen molar-refractivity contribution in [2.24, 2.45) is 5.92 Å². The first kappa shape index (κ1) is 18.8. The topological polar surface area (TPSA) is 56.9 Å². The summed E-state index contributed by atoms with van der Waals surface area (Å²) < 4.78 is 3.54. The number of fused-ring (bicyclic) bond motifs is 2. The number of rotatable bonds is 3. The predicted molar refractivity (Wildman–Crippen MR) is 120 cm³/mol. The molecule has 0 aliphatic heterocycles. The number of aromatic nitrogens is 3. The van der Waals surface area contributed by atoms with Gasteiger partial charge >= 0.3 is 0 Å². The van der Waals surface area contributed by atoms with Crippen LogP contribution >= 0.6 is 0 Å². The Labute approximate surface area is 174 Å². The van der Waals surface area contributed by atoms with Crippen LogP contribution in [-0.2, 0) is 6.54 Å². The molecule has 1 saturated carbocycles. The van der Waals surface area contributed by atoms with Crippen molar-refractivity contribution < 1.29 is 0 Å². The molecule has 0 spiro atoms. The van der Waals surface area contributed by atoms with Crippen molar-refractivity contribution >= 4 is 21.8 Å². The highest BCUT2D eigenvalue weighted by Gasteiger charge is 2.24. The summed E-state index contributed by atoms with van der Waals surface area (Å²) in [5, 5.41) is 1.02. The van der Waals surface area contributed by atoms with Crippen molar-refractivity contribution in [2.75, 3.05) is 0 Å². The Morgan fingerprint density at radius 2 is 1.60 bits per heavy atom. The Balaban J connectivity index is 1.64. The van der Waals surface area contributed by atoms with Gasteiger partial charge in [0.25, 0.3) is 11.1 Å². The fourth-order valence-corrected chi connectivity index (χ4v) is 4.76. The van der Waals surface area contributed by atoms with E-state index in [-0.39, 0.29) is 17.2 Å². The van der Waals surface area contributed by atoms with Gasteiger partial charge in [-0.1, -0.05) is 50.1 Å². The molecule has 0 amide bonds. The third kappa shape index (κ3) is 3.24. The summed E-state index contributed by atoms with van der Waals surface area (Å²) in [5.41, 5.74) is 2.17. The Hall–Kier alpha value is -3.21. The van der Waals surface area contributed by atoms with Crippen LogP contribution in [0, 0.1) is 5.92 Å². The van der Waals surface area contributed by atoms with E-state index in [0.29, 0.717) is 34.3 Å². The smallest absolute Gasteiger partial charge is 0.260 e. The highest BCUT2D eigenvalue weighted by molar-refractivity contribution is 5.91. The van der Waals surface area contributed by atoms with Crippen molar-refractivity contribution in [2.45, 2.75) is 45.2 Å². The van der Waals surface area contributed by atoms with Crippen molar-refractivity contribution in [1.82, 2.24) is 14.1 Å². The number of hydrogen-bond donors (Lipinski definition) is 0. The van der Waals surface area contributed by atoms with Crippen LogP contribution in [0.3, 0.4) is 0 Å². The summed E-state index contributed by atoms with van der Waals surface area (Å²) in [4.78, 5) is 31.1. The lowest BCUT2D eigenvalue weighted by Crippen LogP contribution is -2.30. The van der Waals surface area contributed by atoms with Crippen LogP contribution < -0.4 is 11.1 Å². The van der Waals surface area contributed by atoms with Gasteiger partial charge in [-0.3, -0.25) is 9.59 Å². The number of benzene rings is 1. The normalized spacial score (nSPS) is 19.4. The molecule has 0 radical (unpaired) electrons. The minimum atomic E-state index is -0.119. The van der Waals surface area contributed by atoms with Gasteiger partial charge in [-0.05, 0) is 42.5 Å². The van der Waals surface area contributed by atoms with Crippen LogP contribution in [-0.4, -0.2) is 14.1 Å². The van der Waals surface area contributed by atoms with Gasteiger partial charge in [0.1, 0.15) is 0 Å². The molecule has 0 bridgehead atoms. The molecule has 3 aromatic heterocycles. The third-order valence-electron chi connectivity index (χ3n) is 6.46. The lowest BCUT2D eigenvalue weighted by Gasteiger charge is -2.30. The van der Waals surface area contributed by atoms with Gasteiger partial charge in [-0.25, -0.2) is 4.98 Å². The summed E-state index contributed by atoms with van der Waals surface area (Å²) in [6, 6.07) is 15.6. The van der Waals surface area contributed by atoms with E-state index in [4.69, 9.17) is 0 Å². The van der Waals surface area contributed by atoms with Gasteiger partial charge in [-0.2, -0.15) is 0 Å².